The normalized spacial score (nSPS) is 18.2. The van der Waals surface area contributed by atoms with Gasteiger partial charge in [0.1, 0.15) is 0 Å². The summed E-state index contributed by atoms with van der Waals surface area (Å²) in [4.78, 5) is 14.8. The summed E-state index contributed by atoms with van der Waals surface area (Å²) >= 11 is 9.81. The predicted octanol–water partition coefficient (Wildman–Crippen LogP) is 3.97. The number of benzene rings is 1. The van der Waals surface area contributed by atoms with Gasteiger partial charge in [0.2, 0.25) is 24.0 Å². The van der Waals surface area contributed by atoms with Gasteiger partial charge in [0, 0.05) is 40.5 Å². The summed E-state index contributed by atoms with van der Waals surface area (Å²) in [7, 11) is 0. The summed E-state index contributed by atoms with van der Waals surface area (Å²) < 4.78 is 2.79. The Morgan fingerprint density at radius 2 is 1.82 bits per heavy atom. The average molecular weight is 544 g/mol. The van der Waals surface area contributed by atoms with E-state index in [1.807, 2.05) is 17.0 Å². The molecule has 1 amide bonds. The first-order valence-corrected chi connectivity index (χ1v) is 12.7. The maximum Gasteiger partial charge on any atom is 0.226 e. The Hall–Kier alpha value is -2.64. The summed E-state index contributed by atoms with van der Waals surface area (Å²) in [5.41, 5.74) is 5.16. The third kappa shape index (κ3) is 4.64. The molecule has 1 aliphatic heterocycles. The molecule has 1 atom stereocenters. The van der Waals surface area contributed by atoms with Crippen LogP contribution in [0.2, 0.25) is 5.02 Å². The first-order chi connectivity index (χ1) is 16.4. The Labute approximate surface area is 212 Å². The number of piperidine rings is 1. The second-order valence-electron chi connectivity index (χ2n) is 9.20. The molecule has 1 N–H and O–H groups in total. The van der Waals surface area contributed by atoms with E-state index < -0.39 is 0 Å². The number of halogens is 2. The molecule has 0 radical (unpaired) electrons. The molecule has 1 aliphatic carbocycles. The van der Waals surface area contributed by atoms with Gasteiger partial charge < -0.3 is 10.1 Å². The van der Waals surface area contributed by atoms with E-state index in [1.165, 1.54) is 23.5 Å². The quantitative estimate of drug-likeness (QED) is 0.309. The van der Waals surface area contributed by atoms with Gasteiger partial charge in [0.25, 0.3) is 0 Å². The Morgan fingerprint density at radius 3 is 2.56 bits per heavy atom. The minimum atomic E-state index is -0.0262. The molecule has 6 nitrogen and oxygen atoms in total. The standard InChI is InChI=1S/C26H26BrClN3O3/c27-21-14-20-2-1-19-15-22(28)3-4-23(19)25(26(20)31(34)16-21)18-7-9-29(10-8-18)24(32)13-17-5-11-30(33)12-6-17/h3-6,11-12,14-16,18,25,33H,1-2,7-10,13H2/q+1. The molecule has 1 unspecified atom stereocenters. The molecule has 2 aliphatic rings. The largest absolute Gasteiger partial charge is 0.618 e. The van der Waals surface area contributed by atoms with E-state index in [0.717, 1.165) is 56.4 Å². The van der Waals surface area contributed by atoms with E-state index in [2.05, 4.69) is 28.1 Å². The highest BCUT2D eigenvalue weighted by molar-refractivity contribution is 9.10. The summed E-state index contributed by atoms with van der Waals surface area (Å²) in [6, 6.07) is 11.6. The third-order valence-electron chi connectivity index (χ3n) is 7.12. The van der Waals surface area contributed by atoms with Crippen LogP contribution in [0, 0.1) is 11.1 Å². The van der Waals surface area contributed by atoms with Crippen molar-refractivity contribution in [1.29, 1.82) is 0 Å². The summed E-state index contributed by atoms with van der Waals surface area (Å²) in [6.45, 7) is 1.33. The van der Waals surface area contributed by atoms with Crippen molar-refractivity contribution in [3.05, 3.63) is 97.6 Å². The first kappa shape index (κ1) is 23.1. The lowest BCUT2D eigenvalue weighted by molar-refractivity contribution is -0.904. The number of carbonyl (C=O) groups excluding carboxylic acids is 1. The summed E-state index contributed by atoms with van der Waals surface area (Å²) in [5.74, 6) is 0.319. The first-order valence-electron chi connectivity index (χ1n) is 11.6. The Morgan fingerprint density at radius 1 is 1.12 bits per heavy atom. The Balaban J connectivity index is 1.40. The molecular formula is C26H26BrClN3O3+. The lowest BCUT2D eigenvalue weighted by Gasteiger charge is -2.36. The average Bonchev–Trinajstić information content (AvgIpc) is 2.97. The number of amides is 1. The van der Waals surface area contributed by atoms with Crippen molar-refractivity contribution in [2.24, 2.45) is 5.92 Å². The van der Waals surface area contributed by atoms with Gasteiger partial charge in [0.05, 0.1) is 16.8 Å². The number of rotatable bonds is 3. The zero-order chi connectivity index (χ0) is 23.8. The van der Waals surface area contributed by atoms with Crippen LogP contribution in [-0.4, -0.2) is 29.1 Å². The molecule has 5 rings (SSSR count). The lowest BCUT2D eigenvalue weighted by Crippen LogP contribution is -2.43. The highest BCUT2D eigenvalue weighted by Gasteiger charge is 2.38. The summed E-state index contributed by atoms with van der Waals surface area (Å²) in [6.07, 6.45) is 8.27. The zero-order valence-corrected chi connectivity index (χ0v) is 21.0. The van der Waals surface area contributed by atoms with Crippen molar-refractivity contribution in [3.8, 4) is 0 Å². The Bertz CT molecular complexity index is 1230. The number of aryl methyl sites for hydroxylation is 2. The minimum absolute atomic E-state index is 0.0262. The molecule has 3 heterocycles. The minimum Gasteiger partial charge on any atom is -0.618 e. The van der Waals surface area contributed by atoms with E-state index in [0.29, 0.717) is 24.5 Å². The fourth-order valence-corrected chi connectivity index (χ4v) is 6.12. The molecular weight excluding hydrogens is 518 g/mol. The summed E-state index contributed by atoms with van der Waals surface area (Å²) in [5, 5.41) is 23.2. The van der Waals surface area contributed by atoms with Crippen LogP contribution in [0.1, 0.15) is 46.7 Å². The van der Waals surface area contributed by atoms with Crippen LogP contribution in [0.5, 0.6) is 0 Å². The molecule has 1 saturated heterocycles. The monoisotopic (exact) mass is 542 g/mol. The highest BCUT2D eigenvalue weighted by atomic mass is 79.9. The van der Waals surface area contributed by atoms with Gasteiger partial charge in [0.15, 0.2) is 6.20 Å². The molecule has 3 aromatic rings. The third-order valence-corrected chi connectivity index (χ3v) is 7.79. The second kappa shape index (κ2) is 9.55. The number of fused-ring (bicyclic) bond motifs is 2. The fourth-order valence-electron chi connectivity index (χ4n) is 5.46. The SMILES string of the molecule is O=C(Cc1cc[n+](O)cc1)N1CCC(C2c3ccc(Cl)cc3CCc3cc(Br)c[n+]([O-])c32)CC1. The van der Waals surface area contributed by atoms with Crippen molar-refractivity contribution in [2.45, 2.75) is 38.0 Å². The number of carbonyl (C=O) groups is 1. The van der Waals surface area contributed by atoms with Crippen LogP contribution in [0.25, 0.3) is 0 Å². The number of aromatic nitrogens is 2. The van der Waals surface area contributed by atoms with Gasteiger partial charge >= 0.3 is 0 Å². The van der Waals surface area contributed by atoms with Crippen molar-refractivity contribution in [2.75, 3.05) is 13.1 Å². The van der Waals surface area contributed by atoms with E-state index in [1.54, 1.807) is 18.3 Å². The maximum absolute atomic E-state index is 13.1. The van der Waals surface area contributed by atoms with Gasteiger partial charge in [-0.3, -0.25) is 10.0 Å². The number of likely N-dealkylation sites (tertiary alicyclic amines) is 1. The second-order valence-corrected chi connectivity index (χ2v) is 10.5. The molecule has 0 bridgehead atoms. The number of hydrogen-bond donors (Lipinski definition) is 1. The van der Waals surface area contributed by atoms with Crippen molar-refractivity contribution >= 4 is 33.4 Å². The van der Waals surface area contributed by atoms with Gasteiger partial charge in [-0.25, -0.2) is 0 Å². The molecule has 0 saturated carbocycles. The number of pyridine rings is 2. The molecule has 0 spiro atoms. The topological polar surface area (TPSA) is 71.4 Å². The van der Waals surface area contributed by atoms with E-state index in [4.69, 9.17) is 11.6 Å². The fraction of sp³-hybridized carbons (Fsp3) is 0.346. The number of hydrogen-bond acceptors (Lipinski definition) is 3. The van der Waals surface area contributed by atoms with Crippen LogP contribution >= 0.6 is 27.5 Å². The molecule has 1 fully saturated rings. The van der Waals surface area contributed by atoms with Crippen molar-refractivity contribution in [3.63, 3.8) is 0 Å². The van der Waals surface area contributed by atoms with Crippen molar-refractivity contribution in [1.82, 2.24) is 4.90 Å². The van der Waals surface area contributed by atoms with Gasteiger partial charge in [-0.15, -0.1) is 0 Å². The van der Waals surface area contributed by atoms with Crippen LogP contribution in [0.15, 0.2) is 59.5 Å². The van der Waals surface area contributed by atoms with Crippen LogP contribution < -0.4 is 9.46 Å². The predicted molar refractivity (Wildman–Crippen MR) is 131 cm³/mol. The Kier molecular flexibility index (Phi) is 6.49. The van der Waals surface area contributed by atoms with Gasteiger partial charge in [-0.05, 0) is 82.4 Å². The van der Waals surface area contributed by atoms with E-state index >= 15 is 0 Å². The maximum atomic E-state index is 13.1. The van der Waals surface area contributed by atoms with Crippen LogP contribution in [-0.2, 0) is 24.1 Å². The van der Waals surface area contributed by atoms with Crippen molar-refractivity contribution < 1.29 is 19.5 Å². The zero-order valence-electron chi connectivity index (χ0n) is 18.7. The molecule has 34 heavy (non-hydrogen) atoms. The highest BCUT2D eigenvalue weighted by Crippen LogP contribution is 2.42. The van der Waals surface area contributed by atoms with Crippen LogP contribution in [0.4, 0.5) is 0 Å². The lowest BCUT2D eigenvalue weighted by atomic mass is 9.76. The molecule has 2 aromatic heterocycles. The van der Waals surface area contributed by atoms with E-state index in [9.17, 15) is 15.2 Å². The number of nitrogens with zero attached hydrogens (tertiary/aromatic N) is 3. The van der Waals surface area contributed by atoms with Crippen LogP contribution in [0.3, 0.4) is 0 Å². The smallest absolute Gasteiger partial charge is 0.226 e. The molecule has 1 aromatic carbocycles. The van der Waals surface area contributed by atoms with E-state index in [-0.39, 0.29) is 17.7 Å². The molecule has 176 valence electrons. The van der Waals surface area contributed by atoms with Gasteiger partial charge in [-0.2, -0.15) is 4.73 Å². The van der Waals surface area contributed by atoms with Gasteiger partial charge in [-0.1, -0.05) is 17.7 Å². The molecule has 8 heteroatoms.